The summed E-state index contributed by atoms with van der Waals surface area (Å²) in [7, 11) is 0. The molecule has 2 bridgehead atoms. The third-order valence-corrected chi connectivity index (χ3v) is 7.97. The fourth-order valence-electron chi connectivity index (χ4n) is 5.43. The number of benzene rings is 1. The van der Waals surface area contributed by atoms with E-state index in [2.05, 4.69) is 30.7 Å². The molecule has 5 heterocycles. The maximum atomic E-state index is 15.4. The third-order valence-electron chi connectivity index (χ3n) is 7.67. The molecule has 0 radical (unpaired) electrons. The summed E-state index contributed by atoms with van der Waals surface area (Å²) in [5, 5.41) is 13.9. The van der Waals surface area contributed by atoms with E-state index in [1.165, 1.54) is 35.4 Å². The lowest BCUT2D eigenvalue weighted by Crippen LogP contribution is -2.27. The lowest BCUT2D eigenvalue weighted by atomic mass is 9.97. The predicted molar refractivity (Wildman–Crippen MR) is 155 cm³/mol. The molecule has 5 aromatic rings. The summed E-state index contributed by atoms with van der Waals surface area (Å²) in [5.41, 5.74) is -0.0265. The van der Waals surface area contributed by atoms with E-state index in [0.717, 1.165) is 23.4 Å². The normalized spacial score (nSPS) is 17.1. The quantitative estimate of drug-likeness (QED) is 0.212. The Bertz CT molecular complexity index is 1910. The van der Waals surface area contributed by atoms with Crippen molar-refractivity contribution in [3.05, 3.63) is 87.8 Å². The number of nitrogens with zero attached hydrogens (tertiary/aromatic N) is 8. The van der Waals surface area contributed by atoms with Gasteiger partial charge in [0, 0.05) is 24.4 Å². The molecule has 1 N–H and O–H groups in total. The molecule has 0 fully saturated rings. The topological polar surface area (TPSA) is 108 Å². The van der Waals surface area contributed by atoms with Gasteiger partial charge in [0.05, 0.1) is 63.8 Å². The molecule has 1 aliphatic heterocycles. The molecule has 10 nitrogen and oxygen atoms in total. The van der Waals surface area contributed by atoms with Gasteiger partial charge < -0.3 is 5.32 Å². The first-order valence-corrected chi connectivity index (χ1v) is 14.3. The van der Waals surface area contributed by atoms with Crippen LogP contribution in [0, 0.1) is 11.7 Å². The predicted octanol–water partition coefficient (Wildman–Crippen LogP) is 6.70. The van der Waals surface area contributed by atoms with E-state index in [9.17, 15) is 22.4 Å². The number of anilines is 1. The minimum absolute atomic E-state index is 0.00429. The Hall–Kier alpha value is -4.66. The van der Waals surface area contributed by atoms with Crippen LogP contribution in [-0.2, 0) is 0 Å². The summed E-state index contributed by atoms with van der Waals surface area (Å²) in [6.45, 7) is -0.329. The fraction of sp³-hybridized carbons (Fsp3) is 0.310. The smallest absolute Gasteiger partial charge is 0.333 e. The molecule has 0 spiro atoms. The van der Waals surface area contributed by atoms with E-state index in [0.29, 0.717) is 41.0 Å². The van der Waals surface area contributed by atoms with Gasteiger partial charge in [0.2, 0.25) is 0 Å². The van der Waals surface area contributed by atoms with Crippen molar-refractivity contribution in [1.82, 2.24) is 39.3 Å². The van der Waals surface area contributed by atoms with Gasteiger partial charge in [-0.25, -0.2) is 27.5 Å². The number of alkyl halides is 4. The van der Waals surface area contributed by atoms with E-state index in [4.69, 9.17) is 11.6 Å². The molecule has 45 heavy (non-hydrogen) atoms. The average Bonchev–Trinajstić information content (AvgIpc) is 3.68. The summed E-state index contributed by atoms with van der Waals surface area (Å²) in [6.07, 6.45) is 4.06. The van der Waals surface area contributed by atoms with Gasteiger partial charge in [0.15, 0.2) is 5.82 Å². The number of hydrogen-bond donors (Lipinski definition) is 1. The van der Waals surface area contributed by atoms with Crippen LogP contribution in [0.4, 0.5) is 27.6 Å². The zero-order valence-corrected chi connectivity index (χ0v) is 24.3. The van der Waals surface area contributed by atoms with Crippen LogP contribution in [0.5, 0.6) is 0 Å². The van der Waals surface area contributed by atoms with Crippen LogP contribution >= 0.6 is 11.6 Å². The van der Waals surface area contributed by atoms with Gasteiger partial charge in [-0.2, -0.15) is 13.9 Å². The molecule has 0 amide bonds. The van der Waals surface area contributed by atoms with E-state index in [1.807, 2.05) is 6.92 Å². The highest BCUT2D eigenvalue weighted by molar-refractivity contribution is 6.31. The van der Waals surface area contributed by atoms with Crippen LogP contribution < -0.4 is 10.9 Å². The first-order chi connectivity index (χ1) is 21.6. The molecule has 234 valence electrons. The Morgan fingerprint density at radius 1 is 1.09 bits per heavy atom. The second-order valence-electron chi connectivity index (χ2n) is 10.7. The first kappa shape index (κ1) is 30.4. The lowest BCUT2D eigenvalue weighted by molar-refractivity contribution is 0.0585. The first-order valence-electron chi connectivity index (χ1n) is 14.0. The highest BCUT2D eigenvalue weighted by atomic mass is 35.5. The number of rotatable bonds is 5. The van der Waals surface area contributed by atoms with Crippen molar-refractivity contribution < 1.29 is 22.0 Å². The number of nitrogens with one attached hydrogen (secondary N) is 1. The molecular weight excluding hydrogens is 621 g/mol. The minimum atomic E-state index is -2.90. The molecule has 1 aliphatic rings. The zero-order valence-electron chi connectivity index (χ0n) is 23.6. The molecule has 2 atom stereocenters. The molecule has 0 saturated carbocycles. The molecule has 1 aromatic carbocycles. The van der Waals surface area contributed by atoms with Gasteiger partial charge >= 0.3 is 6.55 Å². The maximum Gasteiger partial charge on any atom is 0.333 e. The van der Waals surface area contributed by atoms with E-state index < -0.39 is 36.1 Å². The molecule has 4 aromatic heterocycles. The van der Waals surface area contributed by atoms with E-state index in [1.54, 1.807) is 12.1 Å². The van der Waals surface area contributed by atoms with Crippen molar-refractivity contribution in [1.29, 1.82) is 0 Å². The average molecular weight is 646 g/mol. The Balaban J connectivity index is 1.44. The van der Waals surface area contributed by atoms with Gasteiger partial charge in [0.25, 0.3) is 12.0 Å². The summed E-state index contributed by atoms with van der Waals surface area (Å²) < 4.78 is 72.6. The fourth-order valence-corrected chi connectivity index (χ4v) is 5.59. The van der Waals surface area contributed by atoms with Crippen molar-refractivity contribution in [2.75, 3.05) is 11.9 Å². The van der Waals surface area contributed by atoms with Crippen LogP contribution in [0.3, 0.4) is 0 Å². The Morgan fingerprint density at radius 2 is 1.91 bits per heavy atom. The van der Waals surface area contributed by atoms with Crippen molar-refractivity contribution in [2.45, 2.75) is 45.2 Å². The number of fused-ring (bicyclic) bond motifs is 4. The Morgan fingerprint density at radius 3 is 2.64 bits per heavy atom. The summed E-state index contributed by atoms with van der Waals surface area (Å²) in [5.74, 6) is -0.759. The van der Waals surface area contributed by atoms with Crippen molar-refractivity contribution in [2.24, 2.45) is 5.92 Å². The van der Waals surface area contributed by atoms with Crippen LogP contribution in [0.25, 0.3) is 28.2 Å². The van der Waals surface area contributed by atoms with Gasteiger partial charge in [-0.1, -0.05) is 30.2 Å². The van der Waals surface area contributed by atoms with Crippen LogP contribution in [0.1, 0.15) is 56.6 Å². The second kappa shape index (κ2) is 12.4. The van der Waals surface area contributed by atoms with E-state index >= 15 is 4.39 Å². The van der Waals surface area contributed by atoms with Crippen molar-refractivity contribution in [3.8, 4) is 28.2 Å². The second-order valence-corrected chi connectivity index (χ2v) is 11.1. The van der Waals surface area contributed by atoms with Gasteiger partial charge in [-0.3, -0.25) is 14.3 Å². The molecule has 0 unspecified atom stereocenters. The van der Waals surface area contributed by atoms with Gasteiger partial charge in [-0.15, -0.1) is 5.10 Å². The standard InChI is InChI=1S/C29H25ClF5N9O/c1-15-3-2-4-22(18-9-16(7-8-36-18)27-20(37-11-15)12-39-44(27)29(34)35)42-14-38-19(10-24(42)45)25-23(6-5-17(30)26(25)31)43-13-21(28(32)33)40-41-43/h5-10,12-15,22,28-29,37H,2-4,11H2,1H3/t15-,22+/m1/s1. The van der Waals surface area contributed by atoms with Gasteiger partial charge in [-0.05, 0) is 43.0 Å². The van der Waals surface area contributed by atoms with E-state index in [-0.39, 0.29) is 33.6 Å². The summed E-state index contributed by atoms with van der Waals surface area (Å²) >= 11 is 6.05. The molecule has 0 saturated heterocycles. The molecule has 6 rings (SSSR count). The zero-order chi connectivity index (χ0) is 31.8. The maximum absolute atomic E-state index is 15.4. The van der Waals surface area contributed by atoms with Gasteiger partial charge in [0.1, 0.15) is 5.69 Å². The van der Waals surface area contributed by atoms with Crippen LogP contribution in [0.2, 0.25) is 5.02 Å². The molecule has 0 aliphatic carbocycles. The van der Waals surface area contributed by atoms with Crippen molar-refractivity contribution >= 4 is 17.3 Å². The minimum Gasteiger partial charge on any atom is -0.382 e. The highest BCUT2D eigenvalue weighted by Gasteiger charge is 2.25. The summed E-state index contributed by atoms with van der Waals surface area (Å²) in [6, 6.07) is 6.28. The van der Waals surface area contributed by atoms with Crippen LogP contribution in [-0.4, -0.2) is 45.9 Å². The third kappa shape index (κ3) is 5.91. The Kier molecular flexibility index (Phi) is 8.36. The SMILES string of the molecule is C[C@@H]1CCC[C@H](n2cnc(-c3c(-n4cc(C(F)F)nn4)ccc(Cl)c3F)cc2=O)c2cc(ccn2)-c2c(cnn2C(F)F)NC1. The highest BCUT2D eigenvalue weighted by Crippen LogP contribution is 2.36. The largest absolute Gasteiger partial charge is 0.382 e. The summed E-state index contributed by atoms with van der Waals surface area (Å²) in [4.78, 5) is 22.5. The molecular formula is C29H25ClF5N9O. The number of halogens is 6. The lowest BCUT2D eigenvalue weighted by Gasteiger charge is -2.23. The Labute approximate surface area is 257 Å². The number of hydrogen-bond acceptors (Lipinski definition) is 7. The van der Waals surface area contributed by atoms with Crippen molar-refractivity contribution in [3.63, 3.8) is 0 Å². The number of pyridine rings is 1. The molecule has 16 heteroatoms. The van der Waals surface area contributed by atoms with Crippen LogP contribution in [0.15, 0.2) is 60.0 Å². The number of aromatic nitrogens is 8. The monoisotopic (exact) mass is 645 g/mol.